The second-order valence-corrected chi connectivity index (χ2v) is 4.92. The molecule has 1 aromatic carbocycles. The first-order valence-corrected chi connectivity index (χ1v) is 6.74. The van der Waals surface area contributed by atoms with E-state index < -0.39 is 0 Å². The van der Waals surface area contributed by atoms with Gasteiger partial charge in [-0.15, -0.1) is 0 Å². The van der Waals surface area contributed by atoms with Crippen LogP contribution < -0.4 is 10.1 Å². The molecule has 100 valence electrons. The van der Waals surface area contributed by atoms with Crippen LogP contribution in [0.4, 0.5) is 0 Å². The Hall–Kier alpha value is -1.06. The number of nitrogens with one attached hydrogen (secondary N) is 1. The van der Waals surface area contributed by atoms with Gasteiger partial charge in [0.1, 0.15) is 18.0 Å². The van der Waals surface area contributed by atoms with Crippen LogP contribution >= 0.6 is 0 Å². The van der Waals surface area contributed by atoms with Gasteiger partial charge in [-0.3, -0.25) is 0 Å². The Kier molecular flexibility index (Phi) is 4.61. The topological polar surface area (TPSA) is 30.5 Å². The summed E-state index contributed by atoms with van der Waals surface area (Å²) in [6.45, 7) is 5.29. The van der Waals surface area contributed by atoms with Crippen LogP contribution in [0.3, 0.4) is 0 Å². The highest BCUT2D eigenvalue weighted by atomic mass is 16.5. The fourth-order valence-electron chi connectivity index (χ4n) is 2.39. The largest absolute Gasteiger partial charge is 0.487 e. The maximum atomic E-state index is 6.03. The van der Waals surface area contributed by atoms with Gasteiger partial charge in [0.15, 0.2) is 0 Å². The summed E-state index contributed by atoms with van der Waals surface area (Å²) in [6.07, 6.45) is 2.50. The van der Waals surface area contributed by atoms with Crippen LogP contribution in [-0.4, -0.2) is 31.9 Å². The summed E-state index contributed by atoms with van der Waals surface area (Å²) in [5.74, 6) is 0.971. The number of para-hydroxylation sites is 1. The highest BCUT2D eigenvalue weighted by molar-refractivity contribution is 5.32. The SMILES string of the molecule is CCCNC1CC(Oc2ccccc2C)C1OC. The van der Waals surface area contributed by atoms with Gasteiger partial charge in [0, 0.05) is 19.6 Å². The van der Waals surface area contributed by atoms with E-state index in [1.54, 1.807) is 7.11 Å². The summed E-state index contributed by atoms with van der Waals surface area (Å²) in [5, 5.41) is 3.50. The molecule has 0 saturated heterocycles. The average Bonchev–Trinajstić information content (AvgIpc) is 2.35. The summed E-state index contributed by atoms with van der Waals surface area (Å²) in [5.41, 5.74) is 1.18. The van der Waals surface area contributed by atoms with Gasteiger partial charge in [0.2, 0.25) is 0 Å². The van der Waals surface area contributed by atoms with E-state index in [9.17, 15) is 0 Å². The molecular weight excluding hydrogens is 226 g/mol. The van der Waals surface area contributed by atoms with Gasteiger partial charge in [-0.1, -0.05) is 25.1 Å². The molecule has 0 amide bonds. The van der Waals surface area contributed by atoms with Crippen LogP contribution in [0, 0.1) is 6.92 Å². The molecule has 1 N–H and O–H groups in total. The van der Waals surface area contributed by atoms with E-state index in [2.05, 4.69) is 25.2 Å². The number of hydrogen-bond acceptors (Lipinski definition) is 3. The predicted octanol–water partition coefficient (Wildman–Crippen LogP) is 2.53. The summed E-state index contributed by atoms with van der Waals surface area (Å²) in [7, 11) is 1.76. The van der Waals surface area contributed by atoms with Gasteiger partial charge >= 0.3 is 0 Å². The third-order valence-corrected chi connectivity index (χ3v) is 3.55. The standard InChI is InChI=1S/C15H23NO2/c1-4-9-16-12-10-14(15(12)17-3)18-13-8-6-5-7-11(13)2/h5-8,12,14-16H,4,9-10H2,1-3H3. The maximum Gasteiger partial charge on any atom is 0.128 e. The predicted molar refractivity (Wildman–Crippen MR) is 73.1 cm³/mol. The Morgan fingerprint density at radius 2 is 2.11 bits per heavy atom. The summed E-state index contributed by atoms with van der Waals surface area (Å²) >= 11 is 0. The lowest BCUT2D eigenvalue weighted by Gasteiger charge is -2.43. The molecule has 1 saturated carbocycles. The minimum Gasteiger partial charge on any atom is -0.487 e. The van der Waals surface area contributed by atoms with Crippen molar-refractivity contribution in [3.05, 3.63) is 29.8 Å². The van der Waals surface area contributed by atoms with Crippen LogP contribution in [0.15, 0.2) is 24.3 Å². The molecule has 3 unspecified atom stereocenters. The van der Waals surface area contributed by atoms with Gasteiger partial charge in [-0.2, -0.15) is 0 Å². The molecular formula is C15H23NO2. The molecule has 0 bridgehead atoms. The number of methoxy groups -OCH3 is 1. The molecule has 1 aliphatic carbocycles. The lowest BCUT2D eigenvalue weighted by atomic mass is 9.85. The molecule has 18 heavy (non-hydrogen) atoms. The normalized spacial score (nSPS) is 26.7. The number of benzene rings is 1. The zero-order chi connectivity index (χ0) is 13.0. The van der Waals surface area contributed by atoms with Crippen molar-refractivity contribution in [3.8, 4) is 5.75 Å². The zero-order valence-electron chi connectivity index (χ0n) is 11.5. The number of ether oxygens (including phenoxy) is 2. The first-order valence-electron chi connectivity index (χ1n) is 6.74. The molecule has 3 heteroatoms. The Bertz CT molecular complexity index is 381. The van der Waals surface area contributed by atoms with E-state index in [0.717, 1.165) is 25.1 Å². The van der Waals surface area contributed by atoms with Crippen molar-refractivity contribution in [1.29, 1.82) is 0 Å². The lowest BCUT2D eigenvalue weighted by molar-refractivity contribution is -0.0889. The molecule has 1 fully saturated rings. The molecule has 0 spiro atoms. The van der Waals surface area contributed by atoms with Gasteiger partial charge in [0.25, 0.3) is 0 Å². The molecule has 1 aromatic rings. The first kappa shape index (κ1) is 13.4. The summed E-state index contributed by atoms with van der Waals surface area (Å²) in [4.78, 5) is 0. The van der Waals surface area contributed by atoms with Crippen LogP contribution in [0.5, 0.6) is 5.75 Å². The zero-order valence-corrected chi connectivity index (χ0v) is 11.5. The smallest absolute Gasteiger partial charge is 0.128 e. The number of aryl methyl sites for hydroxylation is 1. The summed E-state index contributed by atoms with van der Waals surface area (Å²) in [6, 6.07) is 8.57. The molecule has 0 aliphatic heterocycles. The van der Waals surface area contributed by atoms with Crippen LogP contribution in [-0.2, 0) is 4.74 Å². The fourth-order valence-corrected chi connectivity index (χ4v) is 2.39. The summed E-state index contributed by atoms with van der Waals surface area (Å²) < 4.78 is 11.6. The third kappa shape index (κ3) is 2.85. The molecule has 1 aliphatic rings. The quantitative estimate of drug-likeness (QED) is 0.840. The Morgan fingerprint density at radius 3 is 2.78 bits per heavy atom. The molecule has 0 radical (unpaired) electrons. The molecule has 2 rings (SSSR count). The second kappa shape index (κ2) is 6.21. The monoisotopic (exact) mass is 249 g/mol. The highest BCUT2D eigenvalue weighted by Gasteiger charge is 2.42. The van der Waals surface area contributed by atoms with Gasteiger partial charge in [-0.05, 0) is 31.5 Å². The minimum absolute atomic E-state index is 0.163. The fraction of sp³-hybridized carbons (Fsp3) is 0.600. The minimum atomic E-state index is 0.163. The first-order chi connectivity index (χ1) is 8.76. The van der Waals surface area contributed by atoms with Crippen LogP contribution in [0.2, 0.25) is 0 Å². The van der Waals surface area contributed by atoms with Gasteiger partial charge in [0.05, 0.1) is 0 Å². The number of hydrogen-bond donors (Lipinski definition) is 1. The molecule has 0 heterocycles. The Morgan fingerprint density at radius 1 is 1.33 bits per heavy atom. The van der Waals surface area contributed by atoms with E-state index in [0.29, 0.717) is 6.04 Å². The van der Waals surface area contributed by atoms with Gasteiger partial charge in [-0.25, -0.2) is 0 Å². The molecule has 3 nitrogen and oxygen atoms in total. The van der Waals surface area contributed by atoms with Crippen molar-refractivity contribution < 1.29 is 9.47 Å². The van der Waals surface area contributed by atoms with Crippen molar-refractivity contribution >= 4 is 0 Å². The van der Waals surface area contributed by atoms with Crippen molar-refractivity contribution in [3.63, 3.8) is 0 Å². The van der Waals surface area contributed by atoms with Gasteiger partial charge < -0.3 is 14.8 Å². The Balaban J connectivity index is 1.90. The van der Waals surface area contributed by atoms with Crippen LogP contribution in [0.1, 0.15) is 25.3 Å². The molecule has 0 aromatic heterocycles. The van der Waals surface area contributed by atoms with Crippen molar-refractivity contribution in [1.82, 2.24) is 5.32 Å². The van der Waals surface area contributed by atoms with Crippen molar-refractivity contribution in [2.45, 2.75) is 44.9 Å². The maximum absolute atomic E-state index is 6.03. The number of rotatable bonds is 6. The third-order valence-electron chi connectivity index (χ3n) is 3.55. The van der Waals surface area contributed by atoms with Crippen LogP contribution in [0.25, 0.3) is 0 Å². The Labute approximate surface area is 109 Å². The van der Waals surface area contributed by atoms with Crippen molar-refractivity contribution in [2.75, 3.05) is 13.7 Å². The van der Waals surface area contributed by atoms with Crippen molar-refractivity contribution in [2.24, 2.45) is 0 Å². The van der Waals surface area contributed by atoms with E-state index in [4.69, 9.17) is 9.47 Å². The lowest BCUT2D eigenvalue weighted by Crippen LogP contribution is -2.61. The highest BCUT2D eigenvalue weighted by Crippen LogP contribution is 2.30. The molecule has 3 atom stereocenters. The average molecular weight is 249 g/mol. The van der Waals surface area contributed by atoms with E-state index >= 15 is 0 Å². The van der Waals surface area contributed by atoms with E-state index in [1.807, 2.05) is 18.2 Å². The second-order valence-electron chi connectivity index (χ2n) is 4.92. The van der Waals surface area contributed by atoms with E-state index in [-0.39, 0.29) is 12.2 Å². The van der Waals surface area contributed by atoms with E-state index in [1.165, 1.54) is 5.56 Å².